The van der Waals surface area contributed by atoms with Crippen molar-refractivity contribution in [1.29, 1.82) is 0 Å². The minimum absolute atomic E-state index is 0.624. The summed E-state index contributed by atoms with van der Waals surface area (Å²) in [7, 11) is 0. The normalized spacial score (nSPS) is 15.5. The van der Waals surface area contributed by atoms with Crippen molar-refractivity contribution in [3.05, 3.63) is 47.7 Å². The van der Waals surface area contributed by atoms with Crippen molar-refractivity contribution in [2.75, 3.05) is 24.5 Å². The second kappa shape index (κ2) is 8.90. The summed E-state index contributed by atoms with van der Waals surface area (Å²) in [6, 6.07) is 6.94. The lowest BCUT2D eigenvalue weighted by Crippen LogP contribution is -2.43. The summed E-state index contributed by atoms with van der Waals surface area (Å²) in [6.07, 6.45) is 9.38. The molecule has 25 heavy (non-hydrogen) atoms. The van der Waals surface area contributed by atoms with E-state index in [0.717, 1.165) is 56.2 Å². The van der Waals surface area contributed by atoms with E-state index in [4.69, 9.17) is 0 Å². The Bertz CT molecular complexity index is 650. The van der Waals surface area contributed by atoms with E-state index in [1.165, 1.54) is 18.4 Å². The second-order valence-corrected chi connectivity index (χ2v) is 6.80. The fourth-order valence-corrected chi connectivity index (χ4v) is 3.41. The van der Waals surface area contributed by atoms with Crippen LogP contribution in [0.1, 0.15) is 43.3 Å². The maximum absolute atomic E-state index is 4.63. The lowest BCUT2D eigenvalue weighted by atomic mass is 10.0. The fourth-order valence-electron chi connectivity index (χ4n) is 3.41. The number of aromatic nitrogens is 3. The summed E-state index contributed by atoms with van der Waals surface area (Å²) < 4.78 is 0. The molecule has 1 aliphatic heterocycles. The summed E-state index contributed by atoms with van der Waals surface area (Å²) in [5.41, 5.74) is 2.46. The molecule has 0 unspecified atom stereocenters. The zero-order valence-electron chi connectivity index (χ0n) is 15.4. The van der Waals surface area contributed by atoms with Gasteiger partial charge in [0.15, 0.2) is 0 Å². The summed E-state index contributed by atoms with van der Waals surface area (Å²) in [6.45, 7) is 7.35. The lowest BCUT2D eigenvalue weighted by molar-refractivity contribution is 0.411. The molecule has 3 rings (SSSR count). The number of nitrogens with one attached hydrogen (secondary N) is 1. The molecule has 0 aromatic carbocycles. The molecular formula is C20H29N5. The molecule has 1 N–H and O–H groups in total. The van der Waals surface area contributed by atoms with Crippen LogP contribution in [0.5, 0.6) is 0 Å². The minimum Gasteiger partial charge on any atom is -0.356 e. The van der Waals surface area contributed by atoms with E-state index in [2.05, 4.69) is 44.2 Å². The van der Waals surface area contributed by atoms with E-state index < -0.39 is 0 Å². The smallest absolute Gasteiger partial charge is 0.132 e. The summed E-state index contributed by atoms with van der Waals surface area (Å²) >= 11 is 0. The third kappa shape index (κ3) is 5.23. The van der Waals surface area contributed by atoms with Gasteiger partial charge >= 0.3 is 0 Å². The van der Waals surface area contributed by atoms with Crippen molar-refractivity contribution in [2.45, 2.75) is 52.0 Å². The molecule has 0 saturated carbocycles. The van der Waals surface area contributed by atoms with Gasteiger partial charge in [0.2, 0.25) is 0 Å². The first-order chi connectivity index (χ1) is 12.2. The zero-order valence-corrected chi connectivity index (χ0v) is 15.4. The van der Waals surface area contributed by atoms with Gasteiger partial charge in [0.1, 0.15) is 11.6 Å². The Kier molecular flexibility index (Phi) is 6.34. The van der Waals surface area contributed by atoms with E-state index in [1.807, 2.05) is 25.4 Å². The molecule has 0 spiro atoms. The Morgan fingerprint density at radius 2 is 2.08 bits per heavy atom. The van der Waals surface area contributed by atoms with Crippen LogP contribution in [0, 0.1) is 6.92 Å². The van der Waals surface area contributed by atoms with E-state index in [9.17, 15) is 0 Å². The third-order valence-corrected chi connectivity index (χ3v) is 4.86. The van der Waals surface area contributed by atoms with Crippen LogP contribution in [0.2, 0.25) is 0 Å². The Balaban J connectivity index is 1.40. The van der Waals surface area contributed by atoms with Gasteiger partial charge in [-0.3, -0.25) is 4.98 Å². The van der Waals surface area contributed by atoms with Crippen LogP contribution in [0.3, 0.4) is 0 Å². The first-order valence-electron chi connectivity index (χ1n) is 9.46. The van der Waals surface area contributed by atoms with Crippen LogP contribution < -0.4 is 10.2 Å². The third-order valence-electron chi connectivity index (χ3n) is 4.86. The van der Waals surface area contributed by atoms with Gasteiger partial charge < -0.3 is 10.2 Å². The first-order valence-corrected chi connectivity index (χ1v) is 9.46. The summed E-state index contributed by atoms with van der Waals surface area (Å²) in [5, 5.41) is 3.72. The predicted molar refractivity (Wildman–Crippen MR) is 102 cm³/mol. The number of piperidine rings is 1. The topological polar surface area (TPSA) is 53.9 Å². The Morgan fingerprint density at radius 1 is 1.24 bits per heavy atom. The number of nitrogens with zero attached hydrogens (tertiary/aromatic N) is 4. The molecule has 5 heteroatoms. The van der Waals surface area contributed by atoms with E-state index >= 15 is 0 Å². The van der Waals surface area contributed by atoms with Gasteiger partial charge in [-0.25, -0.2) is 9.97 Å². The number of anilines is 1. The van der Waals surface area contributed by atoms with Crippen molar-refractivity contribution in [1.82, 2.24) is 20.3 Å². The van der Waals surface area contributed by atoms with Gasteiger partial charge in [-0.05, 0) is 57.2 Å². The second-order valence-electron chi connectivity index (χ2n) is 6.80. The highest BCUT2D eigenvalue weighted by atomic mass is 15.2. The summed E-state index contributed by atoms with van der Waals surface area (Å²) in [5.74, 6) is 1.98. The molecule has 5 nitrogen and oxygen atoms in total. The molecule has 0 atom stereocenters. The Labute approximate surface area is 150 Å². The maximum atomic E-state index is 4.63. The Hall–Kier alpha value is -2.01. The monoisotopic (exact) mass is 339 g/mol. The zero-order chi connectivity index (χ0) is 17.5. The first kappa shape index (κ1) is 17.8. The highest BCUT2D eigenvalue weighted by molar-refractivity contribution is 5.40. The van der Waals surface area contributed by atoms with Crippen LogP contribution in [0.4, 0.5) is 5.82 Å². The SMILES string of the molecule is CCc1cc(N2CCC(NCCCc3cccnc3)CC2)nc(C)n1. The molecule has 1 fully saturated rings. The predicted octanol–water partition coefficient (Wildman–Crippen LogP) is 2.93. The summed E-state index contributed by atoms with van der Waals surface area (Å²) in [4.78, 5) is 15.7. The molecule has 3 heterocycles. The van der Waals surface area contributed by atoms with Gasteiger partial charge in [-0.2, -0.15) is 0 Å². The van der Waals surface area contributed by atoms with Crippen LogP contribution in [-0.2, 0) is 12.8 Å². The van der Waals surface area contributed by atoms with Gasteiger partial charge in [0.25, 0.3) is 0 Å². The van der Waals surface area contributed by atoms with E-state index in [1.54, 1.807) is 0 Å². The Morgan fingerprint density at radius 3 is 2.80 bits per heavy atom. The lowest BCUT2D eigenvalue weighted by Gasteiger charge is -2.33. The van der Waals surface area contributed by atoms with Crippen molar-refractivity contribution >= 4 is 5.82 Å². The molecule has 2 aromatic rings. The van der Waals surface area contributed by atoms with Gasteiger partial charge in [-0.1, -0.05) is 13.0 Å². The molecule has 0 aliphatic carbocycles. The maximum Gasteiger partial charge on any atom is 0.132 e. The quantitative estimate of drug-likeness (QED) is 0.786. The largest absolute Gasteiger partial charge is 0.356 e. The van der Waals surface area contributed by atoms with Crippen LogP contribution >= 0.6 is 0 Å². The van der Waals surface area contributed by atoms with Crippen molar-refractivity contribution in [3.63, 3.8) is 0 Å². The standard InChI is InChI=1S/C20H29N5/c1-3-18-14-20(24-16(2)23-18)25-12-8-19(9-13-25)22-11-5-7-17-6-4-10-21-15-17/h4,6,10,14-15,19,22H,3,5,7-9,11-13H2,1-2H3. The highest BCUT2D eigenvalue weighted by Gasteiger charge is 2.20. The number of rotatable bonds is 7. The van der Waals surface area contributed by atoms with Crippen LogP contribution in [0.25, 0.3) is 0 Å². The molecule has 0 radical (unpaired) electrons. The minimum atomic E-state index is 0.624. The highest BCUT2D eigenvalue weighted by Crippen LogP contribution is 2.19. The van der Waals surface area contributed by atoms with Gasteiger partial charge in [0.05, 0.1) is 0 Å². The van der Waals surface area contributed by atoms with Crippen molar-refractivity contribution in [3.8, 4) is 0 Å². The molecule has 134 valence electrons. The number of hydrogen-bond donors (Lipinski definition) is 1. The van der Waals surface area contributed by atoms with Crippen molar-refractivity contribution < 1.29 is 0 Å². The average Bonchev–Trinajstić information content (AvgIpc) is 2.66. The average molecular weight is 339 g/mol. The molecule has 0 amide bonds. The van der Waals surface area contributed by atoms with Gasteiger partial charge in [-0.15, -0.1) is 0 Å². The molecular weight excluding hydrogens is 310 g/mol. The number of pyridine rings is 1. The van der Waals surface area contributed by atoms with Gasteiger partial charge in [0, 0.05) is 43.3 Å². The molecule has 0 bridgehead atoms. The molecule has 2 aromatic heterocycles. The van der Waals surface area contributed by atoms with E-state index in [0.29, 0.717) is 6.04 Å². The van der Waals surface area contributed by atoms with Crippen LogP contribution in [0.15, 0.2) is 30.6 Å². The van der Waals surface area contributed by atoms with Crippen molar-refractivity contribution in [2.24, 2.45) is 0 Å². The fraction of sp³-hybridized carbons (Fsp3) is 0.550. The number of aryl methyl sites for hydroxylation is 3. The van der Waals surface area contributed by atoms with E-state index in [-0.39, 0.29) is 0 Å². The van der Waals surface area contributed by atoms with Crippen LogP contribution in [-0.4, -0.2) is 40.6 Å². The molecule has 1 aliphatic rings. The molecule has 1 saturated heterocycles. The number of hydrogen-bond acceptors (Lipinski definition) is 5.